The van der Waals surface area contributed by atoms with Crippen molar-refractivity contribution in [1.82, 2.24) is 15.2 Å². The SMILES string of the molecule is C=C/C=C(/CN(C)Cc1ccccc1)NC(C)N(C)/N=C(\C)C1C=CC=CC1. The van der Waals surface area contributed by atoms with Gasteiger partial charge in [0.05, 0.1) is 0 Å². The number of hydrogen-bond donors (Lipinski definition) is 1. The van der Waals surface area contributed by atoms with Crippen LogP contribution in [0, 0.1) is 5.92 Å². The van der Waals surface area contributed by atoms with Gasteiger partial charge in [-0.15, -0.1) is 0 Å². The van der Waals surface area contributed by atoms with Gasteiger partial charge in [0.1, 0.15) is 6.17 Å². The van der Waals surface area contributed by atoms with Crippen molar-refractivity contribution >= 4 is 5.71 Å². The fraction of sp³-hybridized carbons (Fsp3) is 0.375. The van der Waals surface area contributed by atoms with Gasteiger partial charge in [0.25, 0.3) is 0 Å². The summed E-state index contributed by atoms with van der Waals surface area (Å²) in [6.07, 6.45) is 13.6. The van der Waals surface area contributed by atoms with Crippen LogP contribution in [0.3, 0.4) is 0 Å². The third kappa shape index (κ3) is 7.20. The zero-order valence-corrected chi connectivity index (χ0v) is 17.7. The zero-order valence-electron chi connectivity index (χ0n) is 17.7. The number of rotatable bonds is 10. The van der Waals surface area contributed by atoms with Crippen LogP contribution in [0.4, 0.5) is 0 Å². The van der Waals surface area contributed by atoms with Crippen molar-refractivity contribution in [2.24, 2.45) is 11.0 Å². The molecule has 4 nitrogen and oxygen atoms in total. The topological polar surface area (TPSA) is 30.9 Å². The van der Waals surface area contributed by atoms with E-state index in [2.05, 4.69) is 86.3 Å². The standard InChI is InChI=1S/C24H34N4/c1-6-13-24(19-27(4)18-22-14-9-7-10-15-22)25-21(3)28(5)26-20(2)23-16-11-8-12-17-23/h6-16,21,23,25H,1,17-19H2,2-5H3/b24-13-,26-20+. The number of benzene rings is 1. The molecule has 0 bridgehead atoms. The van der Waals surface area contributed by atoms with E-state index in [-0.39, 0.29) is 6.17 Å². The first-order valence-electron chi connectivity index (χ1n) is 9.91. The van der Waals surface area contributed by atoms with E-state index in [1.807, 2.05) is 30.3 Å². The molecule has 4 heteroatoms. The van der Waals surface area contributed by atoms with Gasteiger partial charge in [0, 0.05) is 37.5 Å². The van der Waals surface area contributed by atoms with Gasteiger partial charge >= 0.3 is 0 Å². The maximum Gasteiger partial charge on any atom is 0.112 e. The van der Waals surface area contributed by atoms with Gasteiger partial charge in [-0.1, -0.05) is 67.3 Å². The number of allylic oxidation sites excluding steroid dienone is 6. The molecule has 1 aromatic carbocycles. The van der Waals surface area contributed by atoms with Crippen LogP contribution in [0.1, 0.15) is 25.8 Å². The Hall–Kier alpha value is -2.59. The van der Waals surface area contributed by atoms with E-state index in [0.29, 0.717) is 5.92 Å². The molecule has 1 aliphatic carbocycles. The molecule has 150 valence electrons. The molecular formula is C24H34N4. The van der Waals surface area contributed by atoms with Gasteiger partial charge < -0.3 is 5.32 Å². The predicted molar refractivity (Wildman–Crippen MR) is 121 cm³/mol. The third-order valence-electron chi connectivity index (χ3n) is 4.84. The highest BCUT2D eigenvalue weighted by molar-refractivity contribution is 5.86. The minimum atomic E-state index is 0.0781. The highest BCUT2D eigenvalue weighted by Gasteiger charge is 2.13. The maximum absolute atomic E-state index is 4.80. The Kier molecular flexibility index (Phi) is 8.76. The van der Waals surface area contributed by atoms with Crippen LogP contribution < -0.4 is 5.32 Å². The molecule has 0 radical (unpaired) electrons. The number of hydrogen-bond acceptors (Lipinski definition) is 4. The van der Waals surface area contributed by atoms with E-state index in [1.54, 1.807) is 0 Å². The Bertz CT molecular complexity index is 730. The molecule has 0 heterocycles. The van der Waals surface area contributed by atoms with E-state index in [0.717, 1.165) is 30.9 Å². The average Bonchev–Trinajstić information content (AvgIpc) is 2.69. The highest BCUT2D eigenvalue weighted by atomic mass is 15.5. The predicted octanol–water partition coefficient (Wildman–Crippen LogP) is 4.56. The number of hydrazone groups is 1. The lowest BCUT2D eigenvalue weighted by Crippen LogP contribution is -2.41. The molecule has 0 fully saturated rings. The summed E-state index contributed by atoms with van der Waals surface area (Å²) in [5, 5.41) is 10.4. The largest absolute Gasteiger partial charge is 0.367 e. The normalized spacial score (nSPS) is 18.2. The zero-order chi connectivity index (χ0) is 20.4. The summed E-state index contributed by atoms with van der Waals surface area (Å²) >= 11 is 0. The third-order valence-corrected chi connectivity index (χ3v) is 4.84. The summed E-state index contributed by atoms with van der Waals surface area (Å²) < 4.78 is 0. The van der Waals surface area contributed by atoms with E-state index >= 15 is 0 Å². The summed E-state index contributed by atoms with van der Waals surface area (Å²) in [7, 11) is 4.15. The molecule has 0 saturated heterocycles. The van der Waals surface area contributed by atoms with Gasteiger partial charge in [-0.25, -0.2) is 0 Å². The summed E-state index contributed by atoms with van der Waals surface area (Å²) in [5.41, 5.74) is 3.57. The van der Waals surface area contributed by atoms with Crippen LogP contribution in [0.15, 0.2) is 84.2 Å². The van der Waals surface area contributed by atoms with Crippen molar-refractivity contribution in [1.29, 1.82) is 0 Å². The first-order valence-corrected chi connectivity index (χ1v) is 9.91. The minimum absolute atomic E-state index is 0.0781. The smallest absolute Gasteiger partial charge is 0.112 e. The number of likely N-dealkylation sites (N-methyl/N-ethyl adjacent to an activating group) is 1. The lowest BCUT2D eigenvalue weighted by Gasteiger charge is -2.28. The summed E-state index contributed by atoms with van der Waals surface area (Å²) in [6.45, 7) is 9.81. The quantitative estimate of drug-likeness (QED) is 0.280. The van der Waals surface area contributed by atoms with Crippen molar-refractivity contribution in [3.05, 3.63) is 84.6 Å². The van der Waals surface area contributed by atoms with E-state index in [4.69, 9.17) is 5.10 Å². The molecule has 28 heavy (non-hydrogen) atoms. The monoisotopic (exact) mass is 378 g/mol. The Morgan fingerprint density at radius 2 is 2.04 bits per heavy atom. The molecule has 1 aliphatic rings. The molecule has 2 atom stereocenters. The van der Waals surface area contributed by atoms with Gasteiger partial charge in [-0.3, -0.25) is 9.91 Å². The molecule has 1 aromatic rings. The fourth-order valence-corrected chi connectivity index (χ4v) is 3.19. The van der Waals surface area contributed by atoms with Crippen LogP contribution >= 0.6 is 0 Å². The summed E-state index contributed by atoms with van der Waals surface area (Å²) in [4.78, 5) is 2.29. The Balaban J connectivity index is 1.92. The lowest BCUT2D eigenvalue weighted by atomic mass is 9.97. The Labute approximate surface area is 170 Å². The fourth-order valence-electron chi connectivity index (χ4n) is 3.19. The molecule has 2 rings (SSSR count). The van der Waals surface area contributed by atoms with Gasteiger partial charge in [0.15, 0.2) is 0 Å². The molecule has 0 aliphatic heterocycles. The van der Waals surface area contributed by atoms with Gasteiger partial charge in [-0.05, 0) is 39.0 Å². The highest BCUT2D eigenvalue weighted by Crippen LogP contribution is 2.14. The summed E-state index contributed by atoms with van der Waals surface area (Å²) in [5.74, 6) is 0.389. The van der Waals surface area contributed by atoms with E-state index in [1.165, 1.54) is 5.56 Å². The Morgan fingerprint density at radius 3 is 2.68 bits per heavy atom. The molecule has 0 amide bonds. The van der Waals surface area contributed by atoms with Crippen LogP contribution in [0.25, 0.3) is 0 Å². The van der Waals surface area contributed by atoms with E-state index < -0.39 is 0 Å². The second-order valence-corrected chi connectivity index (χ2v) is 7.38. The first-order chi connectivity index (χ1) is 13.5. The van der Waals surface area contributed by atoms with Crippen LogP contribution in [0.2, 0.25) is 0 Å². The minimum Gasteiger partial charge on any atom is -0.367 e. The van der Waals surface area contributed by atoms with Gasteiger partial charge in [0.2, 0.25) is 0 Å². The van der Waals surface area contributed by atoms with Crippen LogP contribution in [-0.4, -0.2) is 42.4 Å². The molecule has 2 unspecified atom stereocenters. The maximum atomic E-state index is 4.80. The summed E-state index contributed by atoms with van der Waals surface area (Å²) in [6, 6.07) is 10.5. The Morgan fingerprint density at radius 1 is 1.29 bits per heavy atom. The van der Waals surface area contributed by atoms with Crippen LogP contribution in [-0.2, 0) is 6.54 Å². The number of nitrogens with zero attached hydrogens (tertiary/aromatic N) is 3. The molecular weight excluding hydrogens is 344 g/mol. The molecule has 0 aromatic heterocycles. The first kappa shape index (κ1) is 21.7. The number of nitrogens with one attached hydrogen (secondary N) is 1. The van der Waals surface area contributed by atoms with E-state index in [9.17, 15) is 0 Å². The van der Waals surface area contributed by atoms with Crippen molar-refractivity contribution in [2.45, 2.75) is 33.0 Å². The second kappa shape index (κ2) is 11.3. The van der Waals surface area contributed by atoms with Crippen molar-refractivity contribution in [3.63, 3.8) is 0 Å². The van der Waals surface area contributed by atoms with Crippen LogP contribution in [0.5, 0.6) is 0 Å². The molecule has 1 N–H and O–H groups in total. The molecule has 0 saturated carbocycles. The van der Waals surface area contributed by atoms with Crippen molar-refractivity contribution < 1.29 is 0 Å². The van der Waals surface area contributed by atoms with Crippen molar-refractivity contribution in [2.75, 3.05) is 20.6 Å². The van der Waals surface area contributed by atoms with Gasteiger partial charge in [-0.2, -0.15) is 5.10 Å². The second-order valence-electron chi connectivity index (χ2n) is 7.38. The average molecular weight is 379 g/mol. The lowest BCUT2D eigenvalue weighted by molar-refractivity contribution is 0.234. The molecule has 0 spiro atoms. The van der Waals surface area contributed by atoms with Crippen molar-refractivity contribution in [3.8, 4) is 0 Å².